The van der Waals surface area contributed by atoms with Crippen molar-refractivity contribution in [2.45, 2.75) is 23.8 Å². The lowest BCUT2D eigenvalue weighted by atomic mass is 9.94. The lowest BCUT2D eigenvalue weighted by molar-refractivity contribution is -0.229. The number of fused-ring (bicyclic) bond motifs is 1. The van der Waals surface area contributed by atoms with Crippen LogP contribution in [0.5, 0.6) is 0 Å². The van der Waals surface area contributed by atoms with Gasteiger partial charge >= 0.3 is 5.69 Å². The van der Waals surface area contributed by atoms with Gasteiger partial charge in [-0.25, -0.2) is 9.18 Å². The molecule has 0 aliphatic carbocycles. The van der Waals surface area contributed by atoms with Crippen LogP contribution in [0.4, 0.5) is 4.39 Å². The molecule has 1 aromatic heterocycles. The summed E-state index contributed by atoms with van der Waals surface area (Å²) >= 11 is 0. The number of rotatable bonds is 2. The lowest BCUT2D eigenvalue weighted by Gasteiger charge is -2.25. The first-order valence-corrected chi connectivity index (χ1v) is 5.99. The molecule has 0 spiro atoms. The molecule has 2 N–H and O–H groups in total. The van der Waals surface area contributed by atoms with Crippen LogP contribution >= 0.6 is 0 Å². The number of nitrogens with zero attached hydrogens (tertiary/aromatic N) is 1. The average Bonchev–Trinajstić information content (AvgIpc) is 2.99. The van der Waals surface area contributed by atoms with Crippen LogP contribution in [0.25, 0.3) is 0 Å². The minimum atomic E-state index is -2.62. The Balaban J connectivity index is 2.16. The van der Waals surface area contributed by atoms with Gasteiger partial charge in [0, 0.05) is 12.3 Å². The second-order valence-electron chi connectivity index (χ2n) is 4.68. The van der Waals surface area contributed by atoms with Crippen LogP contribution in [0.2, 0.25) is 0 Å². The SMILES string of the molecule is C#C[C@@]12OCO[C@@H]1[C@@](F)(CO)O[C@H]2n1ccc(=O)[nH]c1=O. The van der Waals surface area contributed by atoms with Gasteiger partial charge in [0.15, 0.2) is 12.3 Å². The highest BCUT2D eigenvalue weighted by atomic mass is 19.2. The van der Waals surface area contributed by atoms with Crippen LogP contribution in [-0.4, -0.2) is 45.6 Å². The third-order valence-electron chi connectivity index (χ3n) is 3.53. The van der Waals surface area contributed by atoms with Crippen molar-refractivity contribution in [3.8, 4) is 12.3 Å². The zero-order valence-electron chi connectivity index (χ0n) is 10.6. The van der Waals surface area contributed by atoms with E-state index >= 15 is 0 Å². The summed E-state index contributed by atoms with van der Waals surface area (Å²) in [7, 11) is 0. The number of aromatic nitrogens is 2. The predicted octanol–water partition coefficient (Wildman–Crippen LogP) is -1.53. The number of halogens is 1. The van der Waals surface area contributed by atoms with Gasteiger partial charge in [-0.15, -0.1) is 6.42 Å². The Hall–Kier alpha value is -1.99. The van der Waals surface area contributed by atoms with Gasteiger partial charge in [-0.2, -0.15) is 0 Å². The van der Waals surface area contributed by atoms with E-state index in [1.165, 1.54) is 0 Å². The zero-order chi connectivity index (χ0) is 15.3. The Labute approximate surface area is 117 Å². The molecule has 21 heavy (non-hydrogen) atoms. The number of aliphatic hydroxyl groups is 1. The quantitative estimate of drug-likeness (QED) is 0.642. The molecule has 0 amide bonds. The van der Waals surface area contributed by atoms with Gasteiger partial charge in [-0.1, -0.05) is 5.92 Å². The minimum Gasteiger partial charge on any atom is -0.390 e. The van der Waals surface area contributed by atoms with Crippen molar-refractivity contribution in [2.75, 3.05) is 13.4 Å². The molecule has 0 unspecified atom stereocenters. The zero-order valence-corrected chi connectivity index (χ0v) is 10.6. The minimum absolute atomic E-state index is 0.307. The predicted molar refractivity (Wildman–Crippen MR) is 64.8 cm³/mol. The van der Waals surface area contributed by atoms with Gasteiger partial charge < -0.3 is 19.3 Å². The summed E-state index contributed by atoms with van der Waals surface area (Å²) in [6, 6.07) is 1.05. The molecule has 0 saturated carbocycles. The van der Waals surface area contributed by atoms with Crippen molar-refractivity contribution in [1.29, 1.82) is 0 Å². The van der Waals surface area contributed by atoms with Crippen molar-refractivity contribution < 1.29 is 23.7 Å². The maximum Gasteiger partial charge on any atom is 0.330 e. The topological polar surface area (TPSA) is 103 Å². The summed E-state index contributed by atoms with van der Waals surface area (Å²) in [5.74, 6) is -0.378. The Morgan fingerprint density at radius 3 is 3.00 bits per heavy atom. The van der Waals surface area contributed by atoms with Crippen LogP contribution in [0.1, 0.15) is 6.23 Å². The van der Waals surface area contributed by atoms with E-state index in [2.05, 4.69) is 5.92 Å². The number of nitrogens with one attached hydrogen (secondary N) is 1. The summed E-state index contributed by atoms with van der Waals surface area (Å²) < 4.78 is 31.0. The van der Waals surface area contributed by atoms with E-state index in [0.29, 0.717) is 0 Å². The van der Waals surface area contributed by atoms with E-state index in [4.69, 9.17) is 20.6 Å². The monoisotopic (exact) mass is 298 g/mol. The fourth-order valence-electron chi connectivity index (χ4n) is 2.56. The van der Waals surface area contributed by atoms with Crippen molar-refractivity contribution in [1.82, 2.24) is 9.55 Å². The number of hydrogen-bond donors (Lipinski definition) is 2. The largest absolute Gasteiger partial charge is 0.390 e. The van der Waals surface area contributed by atoms with Crippen LogP contribution in [-0.2, 0) is 14.2 Å². The maximum absolute atomic E-state index is 14.6. The van der Waals surface area contributed by atoms with E-state index in [-0.39, 0.29) is 6.79 Å². The number of terminal acetylenes is 1. The van der Waals surface area contributed by atoms with Gasteiger partial charge in [0.1, 0.15) is 13.4 Å². The number of H-pyrrole nitrogens is 1. The molecular formula is C12H11FN2O6. The number of aliphatic hydroxyl groups excluding tert-OH is 1. The van der Waals surface area contributed by atoms with E-state index in [0.717, 1.165) is 16.8 Å². The lowest BCUT2D eigenvalue weighted by Crippen LogP contribution is -2.48. The first kappa shape index (κ1) is 14.0. The summed E-state index contributed by atoms with van der Waals surface area (Å²) in [4.78, 5) is 25.0. The molecule has 0 bridgehead atoms. The molecule has 2 fully saturated rings. The third-order valence-corrected chi connectivity index (χ3v) is 3.53. The van der Waals surface area contributed by atoms with E-state index in [9.17, 15) is 19.1 Å². The van der Waals surface area contributed by atoms with Crippen molar-refractivity contribution in [3.05, 3.63) is 33.1 Å². The van der Waals surface area contributed by atoms with Crippen LogP contribution in [0, 0.1) is 12.3 Å². The Kier molecular flexibility index (Phi) is 3.00. The fourth-order valence-corrected chi connectivity index (χ4v) is 2.56. The third kappa shape index (κ3) is 1.77. The normalized spacial score (nSPS) is 38.1. The molecule has 0 aromatic carbocycles. The van der Waals surface area contributed by atoms with Crippen molar-refractivity contribution in [2.24, 2.45) is 0 Å². The molecular weight excluding hydrogens is 287 g/mol. The smallest absolute Gasteiger partial charge is 0.330 e. The first-order chi connectivity index (χ1) is 9.97. The number of alkyl halides is 1. The van der Waals surface area contributed by atoms with E-state index in [1.54, 1.807) is 0 Å². The Bertz CT molecular complexity index is 723. The molecule has 4 atom stereocenters. The summed E-state index contributed by atoms with van der Waals surface area (Å²) in [5.41, 5.74) is -3.20. The molecule has 3 rings (SSSR count). The summed E-state index contributed by atoms with van der Waals surface area (Å²) in [5, 5.41) is 9.21. The van der Waals surface area contributed by atoms with Crippen molar-refractivity contribution >= 4 is 0 Å². The number of aromatic amines is 1. The molecule has 9 heteroatoms. The molecule has 0 radical (unpaired) electrons. The highest BCUT2D eigenvalue weighted by molar-refractivity contribution is 5.24. The highest BCUT2D eigenvalue weighted by Crippen LogP contribution is 2.50. The number of ether oxygens (including phenoxy) is 3. The highest BCUT2D eigenvalue weighted by Gasteiger charge is 2.70. The van der Waals surface area contributed by atoms with Gasteiger partial charge in [0.05, 0.1) is 0 Å². The van der Waals surface area contributed by atoms with Crippen molar-refractivity contribution in [3.63, 3.8) is 0 Å². The molecule has 8 nitrogen and oxygen atoms in total. The molecule has 112 valence electrons. The molecule has 2 aliphatic rings. The second kappa shape index (κ2) is 4.51. The van der Waals surface area contributed by atoms with Gasteiger partial charge in [-0.3, -0.25) is 14.3 Å². The maximum atomic E-state index is 14.6. The Morgan fingerprint density at radius 2 is 2.38 bits per heavy atom. The van der Waals surface area contributed by atoms with Gasteiger partial charge in [0.25, 0.3) is 11.4 Å². The molecule has 2 saturated heterocycles. The number of hydrogen-bond acceptors (Lipinski definition) is 6. The Morgan fingerprint density at radius 1 is 1.62 bits per heavy atom. The first-order valence-electron chi connectivity index (χ1n) is 5.99. The molecule has 3 heterocycles. The molecule has 1 aromatic rings. The van der Waals surface area contributed by atoms with Crippen LogP contribution in [0.15, 0.2) is 21.9 Å². The van der Waals surface area contributed by atoms with Gasteiger partial charge in [0.2, 0.25) is 5.60 Å². The fraction of sp³-hybridized carbons (Fsp3) is 0.500. The second-order valence-corrected chi connectivity index (χ2v) is 4.68. The van der Waals surface area contributed by atoms with Gasteiger partial charge in [-0.05, 0) is 0 Å². The van der Waals surface area contributed by atoms with E-state index in [1.807, 2.05) is 4.98 Å². The summed E-state index contributed by atoms with van der Waals surface area (Å²) in [6.45, 7) is -1.34. The average molecular weight is 298 g/mol. The van der Waals surface area contributed by atoms with Crippen LogP contribution < -0.4 is 11.2 Å². The molecule has 2 aliphatic heterocycles. The standard InChI is InChI=1S/C12H11FN2O6/c1-2-11-8(19-6-20-11)12(13,5-16)21-9(11)15-4-3-7(17)14-10(15)18/h1,3-4,8-9,16H,5-6H2,(H,14,17,18)/t8-,9+,11+,12+/m0/s1. The van der Waals surface area contributed by atoms with E-state index < -0.39 is 41.6 Å². The summed E-state index contributed by atoms with van der Waals surface area (Å²) in [6.07, 6.45) is 3.74. The van der Waals surface area contributed by atoms with Crippen LogP contribution in [0.3, 0.4) is 0 Å².